The van der Waals surface area contributed by atoms with E-state index in [1.54, 1.807) is 0 Å². The Labute approximate surface area is 66.2 Å². The number of rotatable bonds is 5. The fourth-order valence-electron chi connectivity index (χ4n) is 0.834. The molecule has 0 bridgehead atoms. The van der Waals surface area contributed by atoms with Gasteiger partial charge >= 0.3 is 6.09 Å². The van der Waals surface area contributed by atoms with E-state index in [1.807, 2.05) is 6.92 Å². The van der Waals surface area contributed by atoms with Gasteiger partial charge in [0.2, 0.25) is 0 Å². The van der Waals surface area contributed by atoms with Gasteiger partial charge in [0.25, 0.3) is 0 Å². The molecule has 0 fully saturated rings. The van der Waals surface area contributed by atoms with E-state index in [1.165, 1.54) is 0 Å². The van der Waals surface area contributed by atoms with Gasteiger partial charge < -0.3 is 15.5 Å². The van der Waals surface area contributed by atoms with Crippen LogP contribution < -0.4 is 5.32 Å². The van der Waals surface area contributed by atoms with Crippen molar-refractivity contribution in [3.05, 3.63) is 0 Å². The fourth-order valence-corrected chi connectivity index (χ4v) is 0.834. The van der Waals surface area contributed by atoms with Gasteiger partial charge in [-0.25, -0.2) is 4.79 Å². The maximum Gasteiger partial charge on any atom is 0.404 e. The summed E-state index contributed by atoms with van der Waals surface area (Å²) in [7, 11) is 0. The SMILES string of the molecule is CCCC[C@@H](CO)NC(=O)O. The third-order valence-electron chi connectivity index (χ3n) is 1.45. The van der Waals surface area contributed by atoms with Gasteiger partial charge in [0.15, 0.2) is 0 Å². The fraction of sp³-hybridized carbons (Fsp3) is 0.857. The molecule has 0 radical (unpaired) electrons. The van der Waals surface area contributed by atoms with E-state index in [-0.39, 0.29) is 12.6 Å². The van der Waals surface area contributed by atoms with Crippen molar-refractivity contribution in [2.45, 2.75) is 32.2 Å². The van der Waals surface area contributed by atoms with E-state index < -0.39 is 6.09 Å². The number of hydrogen-bond acceptors (Lipinski definition) is 2. The molecule has 0 spiro atoms. The maximum absolute atomic E-state index is 10.1. The van der Waals surface area contributed by atoms with Crippen molar-refractivity contribution in [3.63, 3.8) is 0 Å². The number of aliphatic hydroxyl groups excluding tert-OH is 1. The highest BCUT2D eigenvalue weighted by atomic mass is 16.4. The minimum Gasteiger partial charge on any atom is -0.465 e. The Bertz CT molecular complexity index is 116. The molecule has 0 aliphatic carbocycles. The molecule has 3 N–H and O–H groups in total. The smallest absolute Gasteiger partial charge is 0.404 e. The van der Waals surface area contributed by atoms with Crippen molar-refractivity contribution in [2.75, 3.05) is 6.61 Å². The molecule has 0 aromatic heterocycles. The first kappa shape index (κ1) is 10.2. The molecule has 0 saturated heterocycles. The molecule has 0 saturated carbocycles. The van der Waals surface area contributed by atoms with Crippen molar-refractivity contribution in [1.82, 2.24) is 5.32 Å². The minimum atomic E-state index is -1.07. The zero-order valence-corrected chi connectivity index (χ0v) is 6.71. The first-order valence-corrected chi connectivity index (χ1v) is 3.81. The highest BCUT2D eigenvalue weighted by Crippen LogP contribution is 1.99. The summed E-state index contributed by atoms with van der Waals surface area (Å²) in [5, 5.41) is 19.2. The molecule has 0 aromatic carbocycles. The third-order valence-corrected chi connectivity index (χ3v) is 1.45. The summed E-state index contributed by atoms with van der Waals surface area (Å²) in [6.45, 7) is 1.90. The largest absolute Gasteiger partial charge is 0.465 e. The molecule has 1 atom stereocenters. The van der Waals surface area contributed by atoms with Crippen LogP contribution in [0, 0.1) is 0 Å². The van der Waals surface area contributed by atoms with Gasteiger partial charge in [-0.05, 0) is 6.42 Å². The predicted molar refractivity (Wildman–Crippen MR) is 41.6 cm³/mol. The average Bonchev–Trinajstić information content (AvgIpc) is 1.97. The third kappa shape index (κ3) is 5.66. The van der Waals surface area contributed by atoms with Crippen LogP contribution in [-0.4, -0.2) is 29.0 Å². The normalized spacial score (nSPS) is 12.5. The first-order valence-electron chi connectivity index (χ1n) is 3.81. The number of aliphatic hydroxyl groups is 1. The lowest BCUT2D eigenvalue weighted by Gasteiger charge is -2.12. The number of unbranched alkanes of at least 4 members (excludes halogenated alkanes) is 1. The Morgan fingerprint density at radius 2 is 2.27 bits per heavy atom. The van der Waals surface area contributed by atoms with Crippen LogP contribution in [-0.2, 0) is 0 Å². The Morgan fingerprint density at radius 3 is 2.64 bits per heavy atom. The summed E-state index contributed by atoms with van der Waals surface area (Å²) in [6.07, 6.45) is 1.59. The van der Waals surface area contributed by atoms with Gasteiger partial charge in [-0.1, -0.05) is 19.8 Å². The lowest BCUT2D eigenvalue weighted by atomic mass is 10.1. The van der Waals surface area contributed by atoms with Crippen molar-refractivity contribution in [1.29, 1.82) is 0 Å². The highest BCUT2D eigenvalue weighted by molar-refractivity contribution is 5.64. The van der Waals surface area contributed by atoms with Crippen LogP contribution in [0.15, 0.2) is 0 Å². The molecule has 0 aliphatic heterocycles. The number of amides is 1. The summed E-state index contributed by atoms with van der Waals surface area (Å²) in [5.41, 5.74) is 0. The zero-order valence-electron chi connectivity index (χ0n) is 6.71. The van der Waals surface area contributed by atoms with Gasteiger partial charge in [0.1, 0.15) is 0 Å². The Balaban J connectivity index is 3.49. The van der Waals surface area contributed by atoms with E-state index >= 15 is 0 Å². The van der Waals surface area contributed by atoms with Crippen LogP contribution in [0.1, 0.15) is 26.2 Å². The second kappa shape index (κ2) is 5.97. The molecular weight excluding hydrogens is 146 g/mol. The van der Waals surface area contributed by atoms with Crippen LogP contribution in [0.25, 0.3) is 0 Å². The standard InChI is InChI=1S/C7H15NO3/c1-2-3-4-6(5-9)8-7(10)11/h6,8-9H,2-5H2,1H3,(H,10,11)/t6-/m0/s1. The zero-order chi connectivity index (χ0) is 8.69. The molecule has 11 heavy (non-hydrogen) atoms. The summed E-state index contributed by atoms with van der Waals surface area (Å²) >= 11 is 0. The van der Waals surface area contributed by atoms with Crippen LogP contribution >= 0.6 is 0 Å². The van der Waals surface area contributed by atoms with Crippen molar-refractivity contribution >= 4 is 6.09 Å². The van der Waals surface area contributed by atoms with Gasteiger partial charge in [0.05, 0.1) is 12.6 Å². The number of nitrogens with one attached hydrogen (secondary N) is 1. The Kier molecular flexibility index (Phi) is 5.56. The van der Waals surface area contributed by atoms with Crippen molar-refractivity contribution in [2.24, 2.45) is 0 Å². The predicted octanol–water partition coefficient (Wildman–Crippen LogP) is 0.805. The van der Waals surface area contributed by atoms with Crippen LogP contribution in [0.4, 0.5) is 4.79 Å². The lowest BCUT2D eigenvalue weighted by molar-refractivity contribution is 0.175. The highest BCUT2D eigenvalue weighted by Gasteiger charge is 2.08. The number of carbonyl (C=O) groups is 1. The molecule has 0 aromatic rings. The van der Waals surface area contributed by atoms with E-state index in [4.69, 9.17) is 10.2 Å². The first-order chi connectivity index (χ1) is 5.20. The second-order valence-electron chi connectivity index (χ2n) is 2.47. The molecule has 0 rings (SSSR count). The summed E-state index contributed by atoms with van der Waals surface area (Å²) < 4.78 is 0. The van der Waals surface area contributed by atoms with Crippen molar-refractivity contribution in [3.8, 4) is 0 Å². The molecule has 0 aliphatic rings. The lowest BCUT2D eigenvalue weighted by Crippen LogP contribution is -2.36. The van der Waals surface area contributed by atoms with E-state index in [0.29, 0.717) is 6.42 Å². The van der Waals surface area contributed by atoms with E-state index in [9.17, 15) is 4.79 Å². The number of carboxylic acid groups (broad SMARTS) is 1. The summed E-state index contributed by atoms with van der Waals surface area (Å²) in [6, 6.07) is -0.299. The topological polar surface area (TPSA) is 69.6 Å². The van der Waals surface area contributed by atoms with Gasteiger partial charge in [-0.15, -0.1) is 0 Å². The van der Waals surface area contributed by atoms with E-state index in [2.05, 4.69) is 5.32 Å². The molecule has 4 nitrogen and oxygen atoms in total. The van der Waals surface area contributed by atoms with Crippen LogP contribution in [0.2, 0.25) is 0 Å². The average molecular weight is 161 g/mol. The number of hydrogen-bond donors (Lipinski definition) is 3. The molecule has 1 amide bonds. The molecule has 4 heteroatoms. The van der Waals surface area contributed by atoms with Crippen molar-refractivity contribution < 1.29 is 15.0 Å². The van der Waals surface area contributed by atoms with Gasteiger partial charge in [-0.3, -0.25) is 0 Å². The minimum absolute atomic E-state index is 0.119. The second-order valence-corrected chi connectivity index (χ2v) is 2.47. The maximum atomic E-state index is 10.1. The Hall–Kier alpha value is -0.770. The van der Waals surface area contributed by atoms with Gasteiger partial charge in [-0.2, -0.15) is 0 Å². The molecule has 66 valence electrons. The summed E-state index contributed by atoms with van der Waals surface area (Å²) in [4.78, 5) is 10.1. The Morgan fingerprint density at radius 1 is 1.64 bits per heavy atom. The molecule has 0 heterocycles. The summed E-state index contributed by atoms with van der Waals surface area (Å²) in [5.74, 6) is 0. The monoisotopic (exact) mass is 161 g/mol. The van der Waals surface area contributed by atoms with Crippen LogP contribution in [0.5, 0.6) is 0 Å². The van der Waals surface area contributed by atoms with Gasteiger partial charge in [0, 0.05) is 0 Å². The quantitative estimate of drug-likeness (QED) is 0.558. The molecule has 0 unspecified atom stereocenters. The van der Waals surface area contributed by atoms with E-state index in [0.717, 1.165) is 12.8 Å². The molecular formula is C7H15NO3. The van der Waals surface area contributed by atoms with Crippen LogP contribution in [0.3, 0.4) is 0 Å².